The van der Waals surface area contributed by atoms with Crippen molar-refractivity contribution in [2.24, 2.45) is 0 Å². The van der Waals surface area contributed by atoms with Gasteiger partial charge in [-0.2, -0.15) is 0 Å². The number of hydrogen-bond acceptors (Lipinski definition) is 2. The van der Waals surface area contributed by atoms with Gasteiger partial charge in [0.1, 0.15) is 5.82 Å². The average Bonchev–Trinajstić information content (AvgIpc) is 2.43. The van der Waals surface area contributed by atoms with Crippen molar-refractivity contribution in [1.29, 1.82) is 0 Å². The molecule has 1 amide bonds. The molecule has 2 aromatic rings. The van der Waals surface area contributed by atoms with Crippen LogP contribution in [-0.4, -0.2) is 17.0 Å². The summed E-state index contributed by atoms with van der Waals surface area (Å²) in [7, 11) is 0. The highest BCUT2D eigenvalue weighted by atomic mass is 35.5. The number of rotatable bonds is 3. The van der Waals surface area contributed by atoms with Crippen molar-refractivity contribution in [3.8, 4) is 0 Å². The molecule has 0 saturated carbocycles. The van der Waals surface area contributed by atoms with Crippen LogP contribution < -0.4 is 5.32 Å². The van der Waals surface area contributed by atoms with Gasteiger partial charge >= 0.3 is 5.97 Å². The number of carboxylic acid groups (broad SMARTS) is 1. The smallest absolute Gasteiger partial charge is 0.335 e. The van der Waals surface area contributed by atoms with E-state index in [1.807, 2.05) is 0 Å². The Morgan fingerprint density at radius 3 is 2.48 bits per heavy atom. The molecule has 108 valence electrons. The standard InChI is InChI=1S/C14H8ClF2NO3/c15-9-3-1-2-8(12(9)17)13(19)18-11-5-4-7(14(20)21)6-10(11)16/h1-6H,(H,18,19)(H,20,21). The Balaban J connectivity index is 2.28. The Labute approximate surface area is 123 Å². The van der Waals surface area contributed by atoms with Gasteiger partial charge in [-0.1, -0.05) is 17.7 Å². The largest absolute Gasteiger partial charge is 0.478 e. The Kier molecular flexibility index (Phi) is 4.18. The molecule has 0 radical (unpaired) electrons. The van der Waals surface area contributed by atoms with Crippen LogP contribution in [-0.2, 0) is 0 Å². The van der Waals surface area contributed by atoms with Gasteiger partial charge in [0.2, 0.25) is 0 Å². The Hall–Kier alpha value is -2.47. The lowest BCUT2D eigenvalue weighted by atomic mass is 10.1. The Bertz CT molecular complexity index is 734. The summed E-state index contributed by atoms with van der Waals surface area (Å²) in [6, 6.07) is 6.81. The monoisotopic (exact) mass is 311 g/mol. The predicted octanol–water partition coefficient (Wildman–Crippen LogP) is 3.57. The number of benzene rings is 2. The van der Waals surface area contributed by atoms with Gasteiger partial charge in [0.15, 0.2) is 5.82 Å². The topological polar surface area (TPSA) is 66.4 Å². The molecule has 0 saturated heterocycles. The molecule has 4 nitrogen and oxygen atoms in total. The van der Waals surface area contributed by atoms with Gasteiger partial charge in [-0.05, 0) is 30.3 Å². The number of hydrogen-bond donors (Lipinski definition) is 2. The molecule has 2 N–H and O–H groups in total. The minimum absolute atomic E-state index is 0.232. The number of amides is 1. The van der Waals surface area contributed by atoms with Crippen LogP contribution in [0, 0.1) is 11.6 Å². The summed E-state index contributed by atoms with van der Waals surface area (Å²) in [5.41, 5.74) is -0.868. The number of nitrogens with one attached hydrogen (secondary N) is 1. The maximum absolute atomic E-state index is 13.7. The average molecular weight is 312 g/mol. The zero-order valence-corrected chi connectivity index (χ0v) is 11.1. The molecule has 0 fully saturated rings. The first-order chi connectivity index (χ1) is 9.90. The molecular formula is C14H8ClF2NO3. The van der Waals surface area contributed by atoms with Gasteiger partial charge in [0, 0.05) is 0 Å². The van der Waals surface area contributed by atoms with Gasteiger partial charge < -0.3 is 10.4 Å². The van der Waals surface area contributed by atoms with Gasteiger partial charge in [0.05, 0.1) is 21.8 Å². The van der Waals surface area contributed by atoms with E-state index in [1.165, 1.54) is 18.2 Å². The zero-order valence-electron chi connectivity index (χ0n) is 10.4. The van der Waals surface area contributed by atoms with Crippen molar-refractivity contribution in [3.63, 3.8) is 0 Å². The predicted molar refractivity (Wildman–Crippen MR) is 72.7 cm³/mol. The van der Waals surface area contributed by atoms with E-state index in [4.69, 9.17) is 16.7 Å². The lowest BCUT2D eigenvalue weighted by molar-refractivity contribution is 0.0696. The van der Waals surface area contributed by atoms with Crippen LogP contribution in [0.5, 0.6) is 0 Å². The van der Waals surface area contributed by atoms with Crippen molar-refractivity contribution in [1.82, 2.24) is 0 Å². The van der Waals surface area contributed by atoms with Crippen LogP contribution in [0.25, 0.3) is 0 Å². The molecule has 0 aliphatic rings. The molecule has 7 heteroatoms. The first kappa shape index (κ1) is 14.9. The van der Waals surface area contributed by atoms with Crippen molar-refractivity contribution < 1.29 is 23.5 Å². The molecule has 0 unspecified atom stereocenters. The maximum Gasteiger partial charge on any atom is 0.335 e. The highest BCUT2D eigenvalue weighted by Crippen LogP contribution is 2.21. The molecule has 0 aliphatic heterocycles. The van der Waals surface area contributed by atoms with Crippen LogP contribution in [0.2, 0.25) is 5.02 Å². The van der Waals surface area contributed by atoms with E-state index in [-0.39, 0.29) is 21.8 Å². The Morgan fingerprint density at radius 1 is 1.14 bits per heavy atom. The molecule has 0 heterocycles. The van der Waals surface area contributed by atoms with E-state index in [9.17, 15) is 18.4 Å². The first-order valence-corrected chi connectivity index (χ1v) is 6.06. The summed E-state index contributed by atoms with van der Waals surface area (Å²) < 4.78 is 27.3. The van der Waals surface area contributed by atoms with E-state index in [1.54, 1.807) is 0 Å². The third kappa shape index (κ3) is 3.17. The third-order valence-corrected chi connectivity index (χ3v) is 2.95. The number of carbonyl (C=O) groups is 2. The van der Waals surface area contributed by atoms with E-state index in [2.05, 4.69) is 5.32 Å². The van der Waals surface area contributed by atoms with Crippen molar-refractivity contribution >= 4 is 29.2 Å². The molecule has 0 atom stereocenters. The highest BCUT2D eigenvalue weighted by molar-refractivity contribution is 6.31. The van der Waals surface area contributed by atoms with Gasteiger partial charge in [-0.15, -0.1) is 0 Å². The van der Waals surface area contributed by atoms with Crippen LogP contribution in [0.3, 0.4) is 0 Å². The Morgan fingerprint density at radius 2 is 1.86 bits per heavy atom. The van der Waals surface area contributed by atoms with Crippen molar-refractivity contribution in [2.45, 2.75) is 0 Å². The summed E-state index contributed by atoms with van der Waals surface area (Å²) in [6.45, 7) is 0. The third-order valence-electron chi connectivity index (χ3n) is 2.66. The normalized spacial score (nSPS) is 10.2. The summed E-state index contributed by atoms with van der Waals surface area (Å²) in [5, 5.41) is 10.6. The van der Waals surface area contributed by atoms with Gasteiger partial charge in [0.25, 0.3) is 5.91 Å². The number of carbonyl (C=O) groups excluding carboxylic acids is 1. The molecule has 0 aliphatic carbocycles. The maximum atomic E-state index is 13.7. The second kappa shape index (κ2) is 5.88. The molecule has 2 aromatic carbocycles. The van der Waals surface area contributed by atoms with E-state index in [0.29, 0.717) is 0 Å². The molecule has 0 spiro atoms. The molecular weight excluding hydrogens is 304 g/mol. The lowest BCUT2D eigenvalue weighted by Gasteiger charge is -2.08. The van der Waals surface area contributed by atoms with Crippen LogP contribution in [0.1, 0.15) is 20.7 Å². The fraction of sp³-hybridized carbons (Fsp3) is 0. The fourth-order valence-corrected chi connectivity index (χ4v) is 1.79. The summed E-state index contributed by atoms with van der Waals surface area (Å²) >= 11 is 5.55. The van der Waals surface area contributed by atoms with E-state index < -0.39 is 23.5 Å². The van der Waals surface area contributed by atoms with Gasteiger partial charge in [-0.25, -0.2) is 13.6 Å². The zero-order chi connectivity index (χ0) is 15.6. The van der Waals surface area contributed by atoms with E-state index in [0.717, 1.165) is 18.2 Å². The summed E-state index contributed by atoms with van der Waals surface area (Å²) in [6.07, 6.45) is 0. The molecule has 2 rings (SSSR count). The van der Waals surface area contributed by atoms with Crippen LogP contribution in [0.4, 0.5) is 14.5 Å². The summed E-state index contributed by atoms with van der Waals surface area (Å²) in [4.78, 5) is 22.5. The number of halogens is 3. The molecule has 0 aromatic heterocycles. The molecule has 21 heavy (non-hydrogen) atoms. The first-order valence-electron chi connectivity index (χ1n) is 5.68. The second-order valence-corrected chi connectivity index (χ2v) is 4.46. The number of anilines is 1. The van der Waals surface area contributed by atoms with Crippen LogP contribution >= 0.6 is 11.6 Å². The fourth-order valence-electron chi connectivity index (χ4n) is 1.62. The van der Waals surface area contributed by atoms with Crippen LogP contribution in [0.15, 0.2) is 36.4 Å². The van der Waals surface area contributed by atoms with Crippen molar-refractivity contribution in [2.75, 3.05) is 5.32 Å². The van der Waals surface area contributed by atoms with E-state index >= 15 is 0 Å². The minimum atomic E-state index is -1.30. The molecule has 0 bridgehead atoms. The summed E-state index contributed by atoms with van der Waals surface area (Å²) in [5.74, 6) is -4.05. The van der Waals surface area contributed by atoms with Crippen molar-refractivity contribution in [3.05, 3.63) is 64.2 Å². The lowest BCUT2D eigenvalue weighted by Crippen LogP contribution is -2.15. The minimum Gasteiger partial charge on any atom is -0.478 e. The van der Waals surface area contributed by atoms with Gasteiger partial charge in [-0.3, -0.25) is 4.79 Å². The number of carboxylic acids is 1. The quantitative estimate of drug-likeness (QED) is 0.910. The second-order valence-electron chi connectivity index (χ2n) is 4.06. The number of aromatic carboxylic acids is 1. The highest BCUT2D eigenvalue weighted by Gasteiger charge is 2.16. The SMILES string of the molecule is O=C(O)c1ccc(NC(=O)c2cccc(Cl)c2F)c(F)c1.